The summed E-state index contributed by atoms with van der Waals surface area (Å²) in [7, 11) is 0. The van der Waals surface area contributed by atoms with E-state index in [-0.39, 0.29) is 6.61 Å². The van der Waals surface area contributed by atoms with Crippen molar-refractivity contribution in [2.24, 2.45) is 0 Å². The Morgan fingerprint density at radius 3 is 2.29 bits per heavy atom. The summed E-state index contributed by atoms with van der Waals surface area (Å²) in [6.07, 6.45) is -0.566. The van der Waals surface area contributed by atoms with Gasteiger partial charge in [-0.1, -0.05) is 0 Å². The van der Waals surface area contributed by atoms with Crippen LogP contribution >= 0.6 is 27.3 Å². The Morgan fingerprint density at radius 2 is 1.71 bits per heavy atom. The van der Waals surface area contributed by atoms with Crippen molar-refractivity contribution in [2.45, 2.75) is 6.92 Å². The fourth-order valence-corrected chi connectivity index (χ4v) is 2.95. The zero-order valence-electron chi connectivity index (χ0n) is 12.6. The molecule has 0 unspecified atom stereocenters. The third-order valence-electron chi connectivity index (χ3n) is 2.76. The van der Waals surface area contributed by atoms with Gasteiger partial charge in [-0.15, -0.1) is 11.3 Å². The topological polar surface area (TPSA) is 96.5 Å². The predicted octanol–water partition coefficient (Wildman–Crippen LogP) is 3.15. The molecule has 126 valence electrons. The van der Waals surface area contributed by atoms with Crippen molar-refractivity contribution in [3.05, 3.63) is 50.6 Å². The monoisotopic (exact) mass is 411 g/mol. The van der Waals surface area contributed by atoms with Crippen molar-refractivity contribution in [3.63, 3.8) is 0 Å². The molecule has 1 aromatic heterocycles. The van der Waals surface area contributed by atoms with Crippen molar-refractivity contribution >= 4 is 50.9 Å². The van der Waals surface area contributed by atoms with Gasteiger partial charge in [0.1, 0.15) is 0 Å². The summed E-state index contributed by atoms with van der Waals surface area (Å²) < 4.78 is 5.58. The molecule has 3 N–H and O–H groups in total. The van der Waals surface area contributed by atoms with Crippen molar-refractivity contribution in [3.8, 4) is 0 Å². The van der Waals surface area contributed by atoms with Gasteiger partial charge < -0.3 is 4.74 Å². The lowest BCUT2D eigenvalue weighted by molar-refractivity contribution is 0.0849. The van der Waals surface area contributed by atoms with Crippen LogP contribution in [-0.2, 0) is 4.74 Å². The average Bonchev–Trinajstić information content (AvgIpc) is 3.00. The molecule has 0 aliphatic carbocycles. The van der Waals surface area contributed by atoms with Gasteiger partial charge >= 0.3 is 6.09 Å². The minimum atomic E-state index is -0.566. The normalized spacial score (nSPS) is 9.92. The van der Waals surface area contributed by atoms with Gasteiger partial charge in [0.2, 0.25) is 0 Å². The van der Waals surface area contributed by atoms with E-state index in [4.69, 9.17) is 4.74 Å². The van der Waals surface area contributed by atoms with E-state index in [1.165, 1.54) is 23.5 Å². The molecule has 9 heteroatoms. The number of carbonyl (C=O) groups is 3. The van der Waals surface area contributed by atoms with E-state index in [1.807, 2.05) is 0 Å². The summed E-state index contributed by atoms with van der Waals surface area (Å²) in [5, 5.41) is 2.52. The minimum Gasteiger partial charge on any atom is -0.450 e. The number of nitrogens with one attached hydrogen (secondary N) is 3. The highest BCUT2D eigenvalue weighted by molar-refractivity contribution is 9.11. The van der Waals surface area contributed by atoms with Crippen LogP contribution in [0.4, 0.5) is 10.5 Å². The molecule has 3 amide bonds. The molecule has 2 rings (SSSR count). The molecule has 1 heterocycles. The maximum Gasteiger partial charge on any atom is 0.411 e. The largest absolute Gasteiger partial charge is 0.450 e. The van der Waals surface area contributed by atoms with Gasteiger partial charge in [-0.25, -0.2) is 4.79 Å². The van der Waals surface area contributed by atoms with E-state index in [9.17, 15) is 14.4 Å². The Kier molecular flexibility index (Phi) is 6.33. The highest BCUT2D eigenvalue weighted by Crippen LogP contribution is 2.21. The molecular formula is C15H14BrN3O4S. The quantitative estimate of drug-likeness (QED) is 0.673. The van der Waals surface area contributed by atoms with Crippen molar-refractivity contribution in [1.82, 2.24) is 10.9 Å². The van der Waals surface area contributed by atoms with Crippen LogP contribution in [0.5, 0.6) is 0 Å². The van der Waals surface area contributed by atoms with Gasteiger partial charge in [0.25, 0.3) is 11.8 Å². The lowest BCUT2D eigenvalue weighted by atomic mass is 10.2. The van der Waals surface area contributed by atoms with Crippen LogP contribution in [0.2, 0.25) is 0 Å². The standard InChI is InChI=1S/C15H14BrN3O4S/c1-2-23-15(22)17-10-5-3-9(4-6-10)13(20)18-19-14(21)11-7-8-12(16)24-11/h3-8H,2H2,1H3,(H,17,22)(H,18,20)(H,19,21). The molecule has 7 nitrogen and oxygen atoms in total. The molecule has 0 radical (unpaired) electrons. The Morgan fingerprint density at radius 1 is 1.04 bits per heavy atom. The van der Waals surface area contributed by atoms with Crippen LogP contribution < -0.4 is 16.2 Å². The van der Waals surface area contributed by atoms with Gasteiger partial charge in [-0.05, 0) is 59.3 Å². The van der Waals surface area contributed by atoms with Gasteiger partial charge in [0, 0.05) is 11.3 Å². The maximum absolute atomic E-state index is 12.0. The summed E-state index contributed by atoms with van der Waals surface area (Å²) in [6.45, 7) is 1.98. The number of carbonyl (C=O) groups excluding carboxylic acids is 3. The third kappa shape index (κ3) is 5.07. The molecule has 0 aliphatic heterocycles. The fraction of sp³-hybridized carbons (Fsp3) is 0.133. The van der Waals surface area contributed by atoms with E-state index in [0.29, 0.717) is 16.1 Å². The first-order valence-corrected chi connectivity index (χ1v) is 8.50. The number of amides is 3. The summed E-state index contributed by atoms with van der Waals surface area (Å²) in [6, 6.07) is 9.55. The lowest BCUT2D eigenvalue weighted by Gasteiger charge is -2.08. The zero-order valence-corrected chi connectivity index (χ0v) is 15.0. The van der Waals surface area contributed by atoms with Crippen molar-refractivity contribution in [1.29, 1.82) is 0 Å². The van der Waals surface area contributed by atoms with E-state index in [2.05, 4.69) is 32.1 Å². The maximum atomic E-state index is 12.0. The first-order valence-electron chi connectivity index (χ1n) is 6.89. The Labute approximate surface area is 150 Å². The Hall–Kier alpha value is -2.39. The number of halogens is 1. The van der Waals surface area contributed by atoms with Gasteiger partial charge in [-0.2, -0.15) is 0 Å². The number of anilines is 1. The molecule has 0 saturated heterocycles. The molecule has 2 aromatic rings. The van der Waals surface area contributed by atoms with Crippen molar-refractivity contribution < 1.29 is 19.1 Å². The second kappa shape index (κ2) is 8.46. The number of benzene rings is 1. The Balaban J connectivity index is 1.88. The fourth-order valence-electron chi connectivity index (χ4n) is 1.67. The predicted molar refractivity (Wildman–Crippen MR) is 94.0 cm³/mol. The SMILES string of the molecule is CCOC(=O)Nc1ccc(C(=O)NNC(=O)c2ccc(Br)s2)cc1. The highest BCUT2D eigenvalue weighted by atomic mass is 79.9. The van der Waals surface area contributed by atoms with Crippen LogP contribution in [0.3, 0.4) is 0 Å². The molecule has 24 heavy (non-hydrogen) atoms. The number of hydrogen-bond acceptors (Lipinski definition) is 5. The van der Waals surface area contributed by atoms with E-state index in [1.54, 1.807) is 31.2 Å². The Bertz CT molecular complexity index is 745. The smallest absolute Gasteiger partial charge is 0.411 e. The molecule has 0 saturated carbocycles. The van der Waals surface area contributed by atoms with Crippen LogP contribution in [0.15, 0.2) is 40.2 Å². The molecule has 0 aliphatic rings. The van der Waals surface area contributed by atoms with Crippen LogP contribution in [0.1, 0.15) is 27.0 Å². The van der Waals surface area contributed by atoms with E-state index < -0.39 is 17.9 Å². The third-order valence-corrected chi connectivity index (χ3v) is 4.38. The molecular weight excluding hydrogens is 398 g/mol. The number of ether oxygens (including phenoxy) is 1. The van der Waals surface area contributed by atoms with Crippen LogP contribution in [-0.4, -0.2) is 24.5 Å². The minimum absolute atomic E-state index is 0.271. The van der Waals surface area contributed by atoms with Gasteiger partial charge in [-0.3, -0.25) is 25.8 Å². The van der Waals surface area contributed by atoms with E-state index in [0.717, 1.165) is 3.79 Å². The second-order valence-corrected chi connectivity index (χ2v) is 6.90. The number of rotatable bonds is 4. The van der Waals surface area contributed by atoms with E-state index >= 15 is 0 Å². The second-order valence-electron chi connectivity index (χ2n) is 4.43. The number of hydrogen-bond donors (Lipinski definition) is 3. The molecule has 0 spiro atoms. The number of thiophene rings is 1. The van der Waals surface area contributed by atoms with Crippen molar-refractivity contribution in [2.75, 3.05) is 11.9 Å². The summed E-state index contributed by atoms with van der Waals surface area (Å²) in [5.41, 5.74) is 5.49. The first kappa shape index (κ1) is 18.0. The molecule has 0 bridgehead atoms. The van der Waals surface area contributed by atoms with Crippen LogP contribution in [0.25, 0.3) is 0 Å². The summed E-state index contributed by atoms with van der Waals surface area (Å²) in [4.78, 5) is 35.6. The summed E-state index contributed by atoms with van der Waals surface area (Å²) >= 11 is 4.52. The molecule has 1 aromatic carbocycles. The lowest BCUT2D eigenvalue weighted by Crippen LogP contribution is -2.41. The van der Waals surface area contributed by atoms with Gasteiger partial charge in [0.15, 0.2) is 0 Å². The molecule has 0 atom stereocenters. The highest BCUT2D eigenvalue weighted by Gasteiger charge is 2.11. The first-order chi connectivity index (χ1) is 11.5. The van der Waals surface area contributed by atoms with Gasteiger partial charge in [0.05, 0.1) is 15.3 Å². The van der Waals surface area contributed by atoms with Crippen LogP contribution in [0, 0.1) is 0 Å². The summed E-state index contributed by atoms with van der Waals surface area (Å²) in [5.74, 6) is -0.874. The number of hydrazine groups is 1. The average molecular weight is 412 g/mol. The zero-order chi connectivity index (χ0) is 17.5. The molecule has 0 fully saturated rings.